The predicted molar refractivity (Wildman–Crippen MR) is 137 cm³/mol. The third kappa shape index (κ3) is 6.36. The molecule has 0 spiro atoms. The summed E-state index contributed by atoms with van der Waals surface area (Å²) in [5.74, 6) is -1.31. The Labute approximate surface area is 222 Å². The summed E-state index contributed by atoms with van der Waals surface area (Å²) in [5, 5.41) is 11.4. The summed E-state index contributed by atoms with van der Waals surface area (Å²) in [4.78, 5) is 34.0. The van der Waals surface area contributed by atoms with E-state index in [0.29, 0.717) is 27.9 Å². The molecule has 8 nitrogen and oxygen atoms in total. The number of anilines is 1. The summed E-state index contributed by atoms with van der Waals surface area (Å²) in [7, 11) is 0. The molecule has 0 aliphatic carbocycles. The zero-order chi connectivity index (χ0) is 28.5. The fourth-order valence-electron chi connectivity index (χ4n) is 4.10. The van der Waals surface area contributed by atoms with Crippen LogP contribution < -0.4 is 10.0 Å². The highest BCUT2D eigenvalue weighted by Crippen LogP contribution is 2.34. The number of amides is 1. The molecule has 39 heavy (non-hydrogen) atoms. The van der Waals surface area contributed by atoms with Gasteiger partial charge in [-0.2, -0.15) is 13.2 Å². The lowest BCUT2D eigenvalue weighted by atomic mass is 10.0. The van der Waals surface area contributed by atoms with E-state index in [0.717, 1.165) is 4.90 Å². The van der Waals surface area contributed by atoms with Crippen LogP contribution in [0.25, 0.3) is 28.0 Å². The van der Waals surface area contributed by atoms with Crippen LogP contribution in [0.1, 0.15) is 43.1 Å². The Morgan fingerprint density at radius 2 is 1.72 bits per heavy atom. The van der Waals surface area contributed by atoms with Gasteiger partial charge in [-0.3, -0.25) is 14.3 Å². The van der Waals surface area contributed by atoms with Gasteiger partial charge >= 0.3 is 12.3 Å². The van der Waals surface area contributed by atoms with Crippen molar-refractivity contribution in [2.45, 2.75) is 45.9 Å². The van der Waals surface area contributed by atoms with Gasteiger partial charge in [-0.15, -0.1) is 0 Å². The van der Waals surface area contributed by atoms with E-state index in [1.807, 2.05) is 0 Å². The summed E-state index contributed by atoms with van der Waals surface area (Å²) in [6.45, 7) is 5.83. The molecule has 0 aliphatic rings. The number of hydrogen-bond donors (Lipinski definition) is 0. The number of carboxylic acids is 1. The number of rotatable bonds is 6. The number of nitrogens with zero attached hydrogens (tertiary/aromatic N) is 4. The predicted octanol–water partition coefficient (Wildman–Crippen LogP) is 5.43. The van der Waals surface area contributed by atoms with Gasteiger partial charge in [-0.25, -0.2) is 9.78 Å². The first-order valence-corrected chi connectivity index (χ1v) is 12.0. The molecule has 0 atom stereocenters. The van der Waals surface area contributed by atoms with E-state index in [2.05, 4.69) is 9.97 Å². The molecule has 0 fully saturated rings. The van der Waals surface area contributed by atoms with Crippen molar-refractivity contribution in [2.75, 3.05) is 11.4 Å². The SMILES string of the molecule is Cc1cc(-c2cnc3c(N(CCC(F)(F)F)C(=O)OC(C)(C)C)cc(-c4ccncc4)cn23)ccc1C(=O)[O-]. The Balaban J connectivity index is 1.95. The molecular weight excluding hydrogens is 513 g/mol. The fraction of sp³-hybridized carbons (Fsp3) is 0.286. The Kier molecular flexibility index (Phi) is 7.36. The molecule has 204 valence electrons. The first kappa shape index (κ1) is 27.6. The van der Waals surface area contributed by atoms with Gasteiger partial charge in [0.05, 0.1) is 30.0 Å². The van der Waals surface area contributed by atoms with Crippen molar-refractivity contribution in [3.8, 4) is 22.4 Å². The summed E-state index contributed by atoms with van der Waals surface area (Å²) < 4.78 is 47.0. The number of fused-ring (bicyclic) bond motifs is 1. The van der Waals surface area contributed by atoms with Gasteiger partial charge < -0.3 is 14.6 Å². The molecule has 4 rings (SSSR count). The molecule has 3 heterocycles. The van der Waals surface area contributed by atoms with E-state index >= 15 is 0 Å². The second-order valence-electron chi connectivity index (χ2n) is 10.0. The monoisotopic (exact) mass is 539 g/mol. The Morgan fingerprint density at radius 1 is 1.03 bits per heavy atom. The van der Waals surface area contributed by atoms with E-state index in [1.54, 1.807) is 81.0 Å². The minimum Gasteiger partial charge on any atom is -0.545 e. The third-order valence-corrected chi connectivity index (χ3v) is 5.87. The maximum Gasteiger partial charge on any atom is 0.414 e. The molecule has 0 saturated carbocycles. The molecular formula is C28H26F3N4O4-. The van der Waals surface area contributed by atoms with E-state index < -0.39 is 36.8 Å². The standard InChI is InChI=1S/C28H27F3N4O4/c1-17-13-19(5-6-21(17)25(36)37)23-15-33-24-22(14-20(16-35(23)24)18-7-10-32-11-8-18)34(12-9-28(29,30)31)26(38)39-27(2,3)4/h5-8,10-11,13-16H,9,12H2,1-4H3,(H,36,37)/p-1. The molecule has 0 unspecified atom stereocenters. The molecule has 0 N–H and O–H groups in total. The second-order valence-corrected chi connectivity index (χ2v) is 10.0. The van der Waals surface area contributed by atoms with Crippen LogP contribution in [0.4, 0.5) is 23.7 Å². The maximum atomic E-state index is 13.3. The van der Waals surface area contributed by atoms with Gasteiger partial charge in [-0.05, 0) is 63.1 Å². The zero-order valence-corrected chi connectivity index (χ0v) is 21.7. The molecule has 1 amide bonds. The number of pyridine rings is 2. The molecule has 0 bridgehead atoms. The number of carbonyl (C=O) groups is 2. The highest BCUT2D eigenvalue weighted by atomic mass is 19.4. The first-order chi connectivity index (χ1) is 18.2. The minimum absolute atomic E-state index is 0.0361. The number of carbonyl (C=O) groups excluding carboxylic acids is 2. The van der Waals surface area contributed by atoms with E-state index in [-0.39, 0.29) is 16.9 Å². The van der Waals surface area contributed by atoms with Gasteiger partial charge in [0.25, 0.3) is 0 Å². The number of benzene rings is 1. The second kappa shape index (κ2) is 10.4. The normalized spacial score (nSPS) is 12.0. The van der Waals surface area contributed by atoms with Crippen molar-refractivity contribution in [1.82, 2.24) is 14.4 Å². The summed E-state index contributed by atoms with van der Waals surface area (Å²) in [5.41, 5.74) is 2.33. The lowest BCUT2D eigenvalue weighted by Crippen LogP contribution is -2.39. The Bertz CT molecular complexity index is 1530. The van der Waals surface area contributed by atoms with Crippen LogP contribution in [0.3, 0.4) is 0 Å². The van der Waals surface area contributed by atoms with Gasteiger partial charge in [0, 0.05) is 41.8 Å². The third-order valence-electron chi connectivity index (χ3n) is 5.87. The number of hydrogen-bond acceptors (Lipinski definition) is 6. The zero-order valence-electron chi connectivity index (χ0n) is 21.7. The van der Waals surface area contributed by atoms with Crippen LogP contribution in [0.15, 0.2) is 61.2 Å². The van der Waals surface area contributed by atoms with Crippen molar-refractivity contribution in [3.05, 3.63) is 72.3 Å². The summed E-state index contributed by atoms with van der Waals surface area (Å²) >= 11 is 0. The van der Waals surface area contributed by atoms with E-state index in [4.69, 9.17) is 4.74 Å². The quantitative estimate of drug-likeness (QED) is 0.324. The number of aryl methyl sites for hydroxylation is 1. The lowest BCUT2D eigenvalue weighted by molar-refractivity contribution is -0.255. The van der Waals surface area contributed by atoms with E-state index in [9.17, 15) is 27.9 Å². The number of ether oxygens (including phenoxy) is 1. The number of imidazole rings is 1. The van der Waals surface area contributed by atoms with Gasteiger partial charge in [0.15, 0.2) is 5.65 Å². The molecule has 0 radical (unpaired) electrons. The van der Waals surface area contributed by atoms with Crippen molar-refractivity contribution < 1.29 is 32.6 Å². The van der Waals surface area contributed by atoms with Crippen LogP contribution in [0.2, 0.25) is 0 Å². The molecule has 1 aromatic carbocycles. The topological polar surface area (TPSA) is 99.9 Å². The first-order valence-electron chi connectivity index (χ1n) is 12.0. The molecule has 11 heteroatoms. The van der Waals surface area contributed by atoms with Crippen LogP contribution >= 0.6 is 0 Å². The van der Waals surface area contributed by atoms with Crippen molar-refractivity contribution >= 4 is 23.4 Å². The average molecular weight is 540 g/mol. The molecule has 4 aromatic rings. The van der Waals surface area contributed by atoms with Gasteiger partial charge in [0.2, 0.25) is 0 Å². The Morgan fingerprint density at radius 3 is 2.31 bits per heavy atom. The van der Waals surface area contributed by atoms with Gasteiger partial charge in [0.1, 0.15) is 5.60 Å². The molecule has 3 aromatic heterocycles. The average Bonchev–Trinajstić information content (AvgIpc) is 3.26. The maximum absolute atomic E-state index is 13.3. The Hall–Kier alpha value is -4.41. The van der Waals surface area contributed by atoms with Crippen molar-refractivity contribution in [1.29, 1.82) is 0 Å². The van der Waals surface area contributed by atoms with E-state index in [1.165, 1.54) is 12.3 Å². The van der Waals surface area contributed by atoms with Crippen molar-refractivity contribution in [3.63, 3.8) is 0 Å². The lowest BCUT2D eigenvalue weighted by Gasteiger charge is -2.28. The number of halogens is 3. The van der Waals surface area contributed by atoms with Crippen molar-refractivity contribution in [2.24, 2.45) is 0 Å². The van der Waals surface area contributed by atoms with Gasteiger partial charge in [-0.1, -0.05) is 12.1 Å². The fourth-order valence-corrected chi connectivity index (χ4v) is 4.10. The highest BCUT2D eigenvalue weighted by molar-refractivity contribution is 5.95. The van der Waals surface area contributed by atoms with Crippen LogP contribution in [0, 0.1) is 6.92 Å². The van der Waals surface area contributed by atoms with Crippen LogP contribution in [-0.4, -0.2) is 44.8 Å². The van der Waals surface area contributed by atoms with Crippen LogP contribution in [-0.2, 0) is 4.74 Å². The molecule has 0 saturated heterocycles. The minimum atomic E-state index is -4.52. The highest BCUT2D eigenvalue weighted by Gasteiger charge is 2.33. The largest absolute Gasteiger partial charge is 0.545 e. The smallest absolute Gasteiger partial charge is 0.414 e. The number of aromatic carboxylic acids is 1. The number of alkyl halides is 3. The number of carboxylic acid groups (broad SMARTS) is 1. The van der Waals surface area contributed by atoms with Crippen LogP contribution in [0.5, 0.6) is 0 Å². The summed E-state index contributed by atoms with van der Waals surface area (Å²) in [6.07, 6.45) is -0.307. The number of aromatic nitrogens is 3. The molecule has 0 aliphatic heterocycles. The summed E-state index contributed by atoms with van der Waals surface area (Å²) in [6, 6.07) is 9.72.